The van der Waals surface area contributed by atoms with Gasteiger partial charge in [-0.2, -0.15) is 0 Å². The van der Waals surface area contributed by atoms with Crippen LogP contribution in [-0.2, 0) is 20.8 Å². The summed E-state index contributed by atoms with van der Waals surface area (Å²) in [5.41, 5.74) is 0.258. The zero-order chi connectivity index (χ0) is 17.9. The van der Waals surface area contributed by atoms with Crippen molar-refractivity contribution in [1.82, 2.24) is 4.90 Å². The largest absolute Gasteiger partial charge is 0.444 e. The first kappa shape index (κ1) is 18.0. The van der Waals surface area contributed by atoms with Crippen LogP contribution in [0.4, 0.5) is 4.79 Å². The lowest BCUT2D eigenvalue weighted by Crippen LogP contribution is -2.53. The molecule has 2 saturated heterocycles. The fraction of sp³-hybridized carbons (Fsp3) is 0.550. The third-order valence-corrected chi connectivity index (χ3v) is 4.94. The number of benzene rings is 1. The van der Waals surface area contributed by atoms with Crippen LogP contribution < -0.4 is 0 Å². The van der Waals surface area contributed by atoms with E-state index in [1.54, 1.807) is 4.90 Å². The average Bonchev–Trinajstić information content (AvgIpc) is 2.96. The summed E-state index contributed by atoms with van der Waals surface area (Å²) < 4.78 is 17.5. The van der Waals surface area contributed by atoms with Crippen LogP contribution in [0.2, 0.25) is 0 Å². The zero-order valence-corrected chi connectivity index (χ0v) is 15.0. The van der Waals surface area contributed by atoms with Gasteiger partial charge in [0.2, 0.25) is 0 Å². The van der Waals surface area contributed by atoms with Crippen molar-refractivity contribution in [2.45, 2.75) is 63.7 Å². The molecule has 1 amide bonds. The Kier molecular flexibility index (Phi) is 5.45. The van der Waals surface area contributed by atoms with Crippen LogP contribution in [0.15, 0.2) is 43.0 Å². The molecule has 0 bridgehead atoms. The quantitative estimate of drug-likeness (QED) is 0.777. The van der Waals surface area contributed by atoms with Gasteiger partial charge in [0.1, 0.15) is 12.3 Å². The molecule has 136 valence electrons. The van der Waals surface area contributed by atoms with E-state index in [2.05, 4.69) is 6.58 Å². The van der Waals surface area contributed by atoms with Gasteiger partial charge in [-0.25, -0.2) is 4.79 Å². The summed E-state index contributed by atoms with van der Waals surface area (Å²) in [6.07, 6.45) is 4.43. The number of ether oxygens (including phenoxy) is 3. The number of amides is 1. The van der Waals surface area contributed by atoms with E-state index in [0.29, 0.717) is 6.61 Å². The molecule has 0 aliphatic carbocycles. The van der Waals surface area contributed by atoms with E-state index in [-0.39, 0.29) is 30.9 Å². The normalized spacial score (nSPS) is 28.6. The number of hydrogen-bond donors (Lipinski definition) is 0. The van der Waals surface area contributed by atoms with Gasteiger partial charge in [-0.15, -0.1) is 6.58 Å². The summed E-state index contributed by atoms with van der Waals surface area (Å²) in [6.45, 7) is 8.33. The molecule has 25 heavy (non-hydrogen) atoms. The maximum atomic E-state index is 12.8. The Morgan fingerprint density at radius 1 is 1.36 bits per heavy atom. The highest BCUT2D eigenvalue weighted by atomic mass is 16.6. The highest BCUT2D eigenvalue weighted by Crippen LogP contribution is 2.34. The fourth-order valence-corrected chi connectivity index (χ4v) is 3.59. The van der Waals surface area contributed by atoms with Gasteiger partial charge in [0.25, 0.3) is 0 Å². The summed E-state index contributed by atoms with van der Waals surface area (Å²) in [5, 5.41) is 0. The van der Waals surface area contributed by atoms with Crippen LogP contribution in [-0.4, -0.2) is 41.6 Å². The maximum absolute atomic E-state index is 12.8. The summed E-state index contributed by atoms with van der Waals surface area (Å²) in [5.74, 6) is 0. The first-order valence-corrected chi connectivity index (χ1v) is 8.93. The Hall–Kier alpha value is -1.85. The lowest BCUT2D eigenvalue weighted by Gasteiger charge is -2.38. The minimum atomic E-state index is -0.705. The van der Waals surface area contributed by atoms with Crippen molar-refractivity contribution < 1.29 is 19.0 Å². The molecule has 0 saturated carbocycles. The lowest BCUT2D eigenvalue weighted by molar-refractivity contribution is -0.0785. The molecule has 3 atom stereocenters. The fourth-order valence-electron chi connectivity index (χ4n) is 3.59. The number of rotatable bonds is 4. The van der Waals surface area contributed by atoms with Crippen molar-refractivity contribution in [3.63, 3.8) is 0 Å². The monoisotopic (exact) mass is 345 g/mol. The van der Waals surface area contributed by atoms with Gasteiger partial charge < -0.3 is 14.2 Å². The van der Waals surface area contributed by atoms with Crippen molar-refractivity contribution in [1.29, 1.82) is 0 Å². The van der Waals surface area contributed by atoms with E-state index in [4.69, 9.17) is 14.2 Å². The lowest BCUT2D eigenvalue weighted by atomic mass is 9.98. The van der Waals surface area contributed by atoms with E-state index in [0.717, 1.165) is 24.8 Å². The Morgan fingerprint density at radius 2 is 2.12 bits per heavy atom. The van der Waals surface area contributed by atoms with Gasteiger partial charge in [0.15, 0.2) is 0 Å². The van der Waals surface area contributed by atoms with E-state index >= 15 is 0 Å². The minimum Gasteiger partial charge on any atom is -0.444 e. The highest BCUT2D eigenvalue weighted by molar-refractivity contribution is 5.69. The van der Waals surface area contributed by atoms with Crippen molar-refractivity contribution in [2.24, 2.45) is 0 Å². The molecular weight excluding hydrogens is 318 g/mol. The van der Waals surface area contributed by atoms with Crippen LogP contribution >= 0.6 is 0 Å². The summed E-state index contributed by atoms with van der Waals surface area (Å²) in [6, 6.07) is 9.54. The predicted octanol–water partition coefficient (Wildman–Crippen LogP) is 3.88. The van der Waals surface area contributed by atoms with E-state index in [1.807, 2.05) is 50.3 Å². The van der Waals surface area contributed by atoms with Crippen LogP contribution in [0.1, 0.15) is 38.7 Å². The summed E-state index contributed by atoms with van der Waals surface area (Å²) in [7, 11) is 0. The van der Waals surface area contributed by atoms with Crippen LogP contribution in [0.5, 0.6) is 0 Å². The molecule has 1 aromatic rings. The van der Waals surface area contributed by atoms with Gasteiger partial charge in [-0.3, -0.25) is 4.90 Å². The molecule has 0 radical (unpaired) electrons. The molecule has 2 heterocycles. The predicted molar refractivity (Wildman–Crippen MR) is 95.0 cm³/mol. The van der Waals surface area contributed by atoms with Crippen LogP contribution in [0.3, 0.4) is 0 Å². The van der Waals surface area contributed by atoms with Gasteiger partial charge in [0.05, 0.1) is 24.9 Å². The molecule has 2 aliphatic rings. The molecule has 0 N–H and O–H groups in total. The molecule has 3 rings (SSSR count). The first-order chi connectivity index (χ1) is 12.0. The Labute approximate surface area is 149 Å². The molecular formula is C20H27NO4. The molecule has 1 aromatic carbocycles. The van der Waals surface area contributed by atoms with E-state index < -0.39 is 5.72 Å². The van der Waals surface area contributed by atoms with Gasteiger partial charge >= 0.3 is 6.09 Å². The first-order valence-electron chi connectivity index (χ1n) is 8.93. The second-order valence-corrected chi connectivity index (χ2v) is 7.11. The second-order valence-electron chi connectivity index (χ2n) is 7.11. The van der Waals surface area contributed by atoms with Gasteiger partial charge in [-0.1, -0.05) is 36.4 Å². The van der Waals surface area contributed by atoms with Crippen LogP contribution in [0, 0.1) is 0 Å². The second kappa shape index (κ2) is 7.58. The third-order valence-electron chi connectivity index (χ3n) is 4.94. The topological polar surface area (TPSA) is 48.0 Å². The van der Waals surface area contributed by atoms with Gasteiger partial charge in [-0.05, 0) is 38.7 Å². The van der Waals surface area contributed by atoms with E-state index in [9.17, 15) is 4.79 Å². The Morgan fingerprint density at radius 3 is 2.84 bits per heavy atom. The maximum Gasteiger partial charge on any atom is 0.412 e. The zero-order valence-electron chi connectivity index (χ0n) is 15.0. The summed E-state index contributed by atoms with van der Waals surface area (Å²) in [4.78, 5) is 14.5. The number of carbonyl (C=O) groups is 1. The molecule has 0 aromatic heterocycles. The summed E-state index contributed by atoms with van der Waals surface area (Å²) >= 11 is 0. The minimum absolute atomic E-state index is 0.0460. The third kappa shape index (κ3) is 4.05. The number of nitrogens with zero attached hydrogens (tertiary/aromatic N) is 1. The number of hydrogen-bond acceptors (Lipinski definition) is 4. The van der Waals surface area contributed by atoms with Gasteiger partial charge in [0, 0.05) is 0 Å². The number of carbonyl (C=O) groups excluding carboxylic acids is 1. The molecule has 0 spiro atoms. The van der Waals surface area contributed by atoms with Crippen molar-refractivity contribution in [2.75, 3.05) is 6.61 Å². The molecule has 2 aliphatic heterocycles. The molecule has 0 unspecified atom stereocenters. The van der Waals surface area contributed by atoms with Crippen LogP contribution in [0.25, 0.3) is 0 Å². The molecule has 5 nitrogen and oxygen atoms in total. The molecule has 5 heteroatoms. The average molecular weight is 345 g/mol. The highest BCUT2D eigenvalue weighted by Gasteiger charge is 2.49. The SMILES string of the molecule is C=C[C@@H]1CCC[C@H]([C@@H]2COC(C)(C)N2C(=O)OCc2ccccc2)O1. The Bertz CT molecular complexity index is 601. The standard InChI is InChI=1S/C20H27NO4/c1-4-16-11-8-12-18(25-16)17-14-24-20(2,3)21(17)19(22)23-13-15-9-6-5-7-10-15/h4-7,9-10,16-18H,1,8,11-14H2,2-3H3/t16-,17+,18-/m1/s1. The Balaban J connectivity index is 1.69. The molecule has 2 fully saturated rings. The smallest absolute Gasteiger partial charge is 0.412 e. The van der Waals surface area contributed by atoms with E-state index in [1.165, 1.54) is 0 Å². The van der Waals surface area contributed by atoms with Crippen molar-refractivity contribution in [3.8, 4) is 0 Å². The van der Waals surface area contributed by atoms with Crippen molar-refractivity contribution >= 4 is 6.09 Å². The van der Waals surface area contributed by atoms with Crippen molar-refractivity contribution in [3.05, 3.63) is 48.6 Å².